The molecule has 2 aromatic rings. The molecule has 0 aliphatic heterocycles. The normalized spacial score (nSPS) is 10.2. The Labute approximate surface area is 93.5 Å². The van der Waals surface area contributed by atoms with Gasteiger partial charge in [-0.1, -0.05) is 17.3 Å². The zero-order chi connectivity index (χ0) is 10.8. The van der Waals surface area contributed by atoms with Crippen LogP contribution in [0.5, 0.6) is 0 Å². The van der Waals surface area contributed by atoms with Gasteiger partial charge in [-0.3, -0.25) is 0 Å². The summed E-state index contributed by atoms with van der Waals surface area (Å²) in [4.78, 5) is 10.9. The molecule has 76 valence electrons. The zero-order valence-electron chi connectivity index (χ0n) is 7.46. The van der Waals surface area contributed by atoms with Gasteiger partial charge in [0.2, 0.25) is 0 Å². The summed E-state index contributed by atoms with van der Waals surface area (Å²) in [6.45, 7) is 0. The van der Waals surface area contributed by atoms with Crippen molar-refractivity contribution >= 4 is 21.9 Å². The number of rotatable bonds is 2. The summed E-state index contributed by atoms with van der Waals surface area (Å²) in [5.74, 6) is -1.06. The minimum Gasteiger partial charge on any atom is -0.476 e. The van der Waals surface area contributed by atoms with E-state index in [-0.39, 0.29) is 5.69 Å². The van der Waals surface area contributed by atoms with Crippen molar-refractivity contribution in [2.24, 2.45) is 0 Å². The fraction of sp³-hybridized carbons (Fsp3) is 0. The number of halogens is 1. The first-order valence-electron chi connectivity index (χ1n) is 4.09. The molecule has 5 nitrogen and oxygen atoms in total. The van der Waals surface area contributed by atoms with Gasteiger partial charge in [0.15, 0.2) is 5.69 Å². The van der Waals surface area contributed by atoms with Crippen LogP contribution in [0.3, 0.4) is 0 Å². The van der Waals surface area contributed by atoms with Crippen LogP contribution < -0.4 is 0 Å². The fourth-order valence-corrected chi connectivity index (χ4v) is 1.64. The van der Waals surface area contributed by atoms with E-state index >= 15 is 0 Å². The first-order valence-corrected chi connectivity index (χ1v) is 4.88. The van der Waals surface area contributed by atoms with Crippen molar-refractivity contribution in [2.45, 2.75) is 0 Å². The molecule has 1 aromatic heterocycles. The Morgan fingerprint density at radius 1 is 1.40 bits per heavy atom. The van der Waals surface area contributed by atoms with Crippen LogP contribution >= 0.6 is 15.9 Å². The van der Waals surface area contributed by atoms with E-state index in [4.69, 9.17) is 5.11 Å². The predicted octanol–water partition coefficient (Wildman–Crippen LogP) is 1.73. The highest BCUT2D eigenvalue weighted by atomic mass is 79.9. The molecule has 0 unspecified atom stereocenters. The van der Waals surface area contributed by atoms with E-state index in [2.05, 4.69) is 26.2 Å². The Balaban J connectivity index is 2.59. The molecule has 0 atom stereocenters. The largest absolute Gasteiger partial charge is 0.476 e. The van der Waals surface area contributed by atoms with E-state index in [0.29, 0.717) is 5.69 Å². The van der Waals surface area contributed by atoms with Crippen molar-refractivity contribution < 1.29 is 9.90 Å². The molecular formula is C9H6BrN3O2. The van der Waals surface area contributed by atoms with E-state index in [9.17, 15) is 4.79 Å². The monoisotopic (exact) mass is 267 g/mol. The number of para-hydroxylation sites is 1. The lowest BCUT2D eigenvalue weighted by molar-refractivity contribution is 0.0687. The molecule has 2 rings (SSSR count). The molecule has 0 saturated carbocycles. The highest BCUT2D eigenvalue weighted by Gasteiger charge is 2.14. The third-order valence-corrected chi connectivity index (χ3v) is 2.52. The molecule has 6 heteroatoms. The van der Waals surface area contributed by atoms with E-state index in [1.54, 1.807) is 12.1 Å². The predicted molar refractivity (Wildman–Crippen MR) is 56.0 cm³/mol. The van der Waals surface area contributed by atoms with Gasteiger partial charge >= 0.3 is 5.97 Å². The molecule has 0 saturated heterocycles. The minimum absolute atomic E-state index is 0.0295. The highest BCUT2D eigenvalue weighted by molar-refractivity contribution is 9.10. The fourth-order valence-electron chi connectivity index (χ4n) is 1.18. The summed E-state index contributed by atoms with van der Waals surface area (Å²) >= 11 is 3.32. The Morgan fingerprint density at radius 2 is 2.13 bits per heavy atom. The Bertz CT molecular complexity index is 510. The van der Waals surface area contributed by atoms with Crippen molar-refractivity contribution in [1.29, 1.82) is 0 Å². The first kappa shape index (κ1) is 9.85. The Kier molecular flexibility index (Phi) is 2.51. The van der Waals surface area contributed by atoms with Gasteiger partial charge in [-0.25, -0.2) is 9.48 Å². The smallest absolute Gasteiger partial charge is 0.356 e. The lowest BCUT2D eigenvalue weighted by Gasteiger charge is -2.04. The maximum absolute atomic E-state index is 10.9. The summed E-state index contributed by atoms with van der Waals surface area (Å²) in [5.41, 5.74) is 0.675. The van der Waals surface area contributed by atoms with Gasteiger partial charge < -0.3 is 5.11 Å². The molecule has 0 bridgehead atoms. The summed E-state index contributed by atoms with van der Waals surface area (Å²) in [6, 6.07) is 7.20. The summed E-state index contributed by atoms with van der Waals surface area (Å²) in [7, 11) is 0. The molecule has 0 fully saturated rings. The summed E-state index contributed by atoms with van der Waals surface area (Å²) < 4.78 is 2.03. The molecule has 1 aromatic carbocycles. The minimum atomic E-state index is -1.06. The highest BCUT2D eigenvalue weighted by Crippen LogP contribution is 2.20. The van der Waals surface area contributed by atoms with Gasteiger partial charge in [0.25, 0.3) is 0 Å². The molecule has 0 amide bonds. The third-order valence-electron chi connectivity index (χ3n) is 1.85. The molecule has 1 N–H and O–H groups in total. The van der Waals surface area contributed by atoms with E-state index in [0.717, 1.165) is 4.47 Å². The van der Waals surface area contributed by atoms with Crippen molar-refractivity contribution in [3.8, 4) is 5.69 Å². The molecular weight excluding hydrogens is 262 g/mol. The van der Waals surface area contributed by atoms with Crippen LogP contribution in [0.2, 0.25) is 0 Å². The van der Waals surface area contributed by atoms with E-state index < -0.39 is 5.97 Å². The zero-order valence-corrected chi connectivity index (χ0v) is 9.05. The number of carbonyl (C=O) groups is 1. The Morgan fingerprint density at radius 3 is 2.80 bits per heavy atom. The van der Waals surface area contributed by atoms with Crippen molar-refractivity contribution in [3.05, 3.63) is 40.6 Å². The van der Waals surface area contributed by atoms with Crippen LogP contribution in [-0.2, 0) is 0 Å². The molecule has 0 spiro atoms. The topological polar surface area (TPSA) is 68.0 Å². The third kappa shape index (κ3) is 1.75. The van der Waals surface area contributed by atoms with Crippen LogP contribution in [-0.4, -0.2) is 26.1 Å². The van der Waals surface area contributed by atoms with Gasteiger partial charge in [-0.15, -0.1) is 5.10 Å². The number of carboxylic acid groups (broad SMARTS) is 1. The van der Waals surface area contributed by atoms with Crippen LogP contribution in [0.25, 0.3) is 5.69 Å². The maximum atomic E-state index is 10.9. The lowest BCUT2D eigenvalue weighted by Crippen LogP contribution is -2.08. The van der Waals surface area contributed by atoms with Gasteiger partial charge in [0.05, 0.1) is 11.9 Å². The number of aromatic carboxylic acids is 1. The van der Waals surface area contributed by atoms with Crippen LogP contribution in [0.1, 0.15) is 10.5 Å². The average molecular weight is 268 g/mol. The lowest BCUT2D eigenvalue weighted by atomic mass is 10.3. The van der Waals surface area contributed by atoms with Gasteiger partial charge in [0.1, 0.15) is 0 Å². The second kappa shape index (κ2) is 3.82. The molecule has 0 aliphatic carbocycles. The van der Waals surface area contributed by atoms with Crippen LogP contribution in [0.15, 0.2) is 34.9 Å². The van der Waals surface area contributed by atoms with Gasteiger partial charge in [0, 0.05) is 4.47 Å². The van der Waals surface area contributed by atoms with E-state index in [1.165, 1.54) is 10.9 Å². The number of nitrogens with zero attached hydrogens (tertiary/aromatic N) is 3. The summed E-state index contributed by atoms with van der Waals surface area (Å²) in [6.07, 6.45) is 1.21. The van der Waals surface area contributed by atoms with Crippen LogP contribution in [0.4, 0.5) is 0 Å². The number of aromatic nitrogens is 3. The number of hydrogen-bond acceptors (Lipinski definition) is 3. The average Bonchev–Trinajstić information content (AvgIpc) is 2.67. The maximum Gasteiger partial charge on any atom is 0.356 e. The van der Waals surface area contributed by atoms with Crippen molar-refractivity contribution in [3.63, 3.8) is 0 Å². The van der Waals surface area contributed by atoms with Gasteiger partial charge in [-0.05, 0) is 28.1 Å². The van der Waals surface area contributed by atoms with E-state index in [1.807, 2.05) is 12.1 Å². The van der Waals surface area contributed by atoms with Crippen molar-refractivity contribution in [1.82, 2.24) is 15.0 Å². The van der Waals surface area contributed by atoms with Crippen molar-refractivity contribution in [2.75, 3.05) is 0 Å². The molecule has 15 heavy (non-hydrogen) atoms. The SMILES string of the molecule is O=C(O)c1cnnn1-c1ccccc1Br. The Hall–Kier alpha value is -1.69. The standard InChI is InChI=1S/C9H6BrN3O2/c10-6-3-1-2-4-7(6)13-8(9(14)15)5-11-12-13/h1-5H,(H,14,15). The first-order chi connectivity index (χ1) is 7.20. The second-order valence-corrected chi connectivity index (χ2v) is 3.64. The number of carboxylic acids is 1. The van der Waals surface area contributed by atoms with Crippen LogP contribution in [0, 0.1) is 0 Å². The number of benzene rings is 1. The second-order valence-electron chi connectivity index (χ2n) is 2.79. The molecule has 0 aliphatic rings. The summed E-state index contributed by atoms with van der Waals surface area (Å²) in [5, 5.41) is 16.2. The molecule has 0 radical (unpaired) electrons. The quantitative estimate of drug-likeness (QED) is 0.900. The molecule has 1 heterocycles. The number of hydrogen-bond donors (Lipinski definition) is 1. The van der Waals surface area contributed by atoms with Gasteiger partial charge in [-0.2, -0.15) is 0 Å².